The minimum atomic E-state index is 0.261. The highest BCUT2D eigenvalue weighted by atomic mass is 16.5. The van der Waals surface area contributed by atoms with Crippen LogP contribution in [0.3, 0.4) is 0 Å². The van der Waals surface area contributed by atoms with Crippen LogP contribution in [0.15, 0.2) is 54.6 Å². The van der Waals surface area contributed by atoms with E-state index in [2.05, 4.69) is 57.2 Å². The smallest absolute Gasteiger partial charge is 0.119 e. The van der Waals surface area contributed by atoms with E-state index in [1.165, 1.54) is 11.1 Å². The Bertz CT molecular complexity index is 556. The minimum Gasteiger partial charge on any atom is -0.491 e. The van der Waals surface area contributed by atoms with Gasteiger partial charge in [0, 0.05) is 0 Å². The summed E-state index contributed by atoms with van der Waals surface area (Å²) >= 11 is 0. The fourth-order valence-electron chi connectivity index (χ4n) is 2.59. The second-order valence-electron chi connectivity index (χ2n) is 6.18. The van der Waals surface area contributed by atoms with Crippen molar-refractivity contribution in [3.63, 3.8) is 0 Å². The van der Waals surface area contributed by atoms with Gasteiger partial charge in [-0.15, -0.1) is 0 Å². The first-order valence-electron chi connectivity index (χ1n) is 8.53. The Balaban J connectivity index is 1.74. The van der Waals surface area contributed by atoms with E-state index in [0.29, 0.717) is 19.8 Å². The Labute approximate surface area is 140 Å². The summed E-state index contributed by atoms with van der Waals surface area (Å²) in [5, 5.41) is 0. The molecule has 0 unspecified atom stereocenters. The van der Waals surface area contributed by atoms with E-state index in [9.17, 15) is 0 Å². The molecule has 0 spiro atoms. The number of hydrogen-bond donors (Lipinski definition) is 0. The lowest BCUT2D eigenvalue weighted by molar-refractivity contribution is 0.0889. The topological polar surface area (TPSA) is 18.5 Å². The lowest BCUT2D eigenvalue weighted by Gasteiger charge is -2.27. The monoisotopic (exact) mass is 312 g/mol. The molecule has 2 nitrogen and oxygen atoms in total. The van der Waals surface area contributed by atoms with E-state index in [4.69, 9.17) is 9.47 Å². The summed E-state index contributed by atoms with van der Waals surface area (Å²) in [6, 6.07) is 18.7. The first kappa shape index (κ1) is 17.6. The van der Waals surface area contributed by atoms with Gasteiger partial charge in [-0.25, -0.2) is 0 Å². The van der Waals surface area contributed by atoms with E-state index in [1.54, 1.807) is 0 Å². The van der Waals surface area contributed by atoms with E-state index in [0.717, 1.165) is 18.6 Å². The molecule has 0 aliphatic carbocycles. The first-order chi connectivity index (χ1) is 11.2. The molecule has 0 radical (unpaired) electrons. The Morgan fingerprint density at radius 1 is 0.826 bits per heavy atom. The third kappa shape index (κ3) is 5.11. The van der Waals surface area contributed by atoms with E-state index in [1.807, 2.05) is 18.2 Å². The van der Waals surface area contributed by atoms with Gasteiger partial charge in [-0.1, -0.05) is 63.2 Å². The van der Waals surface area contributed by atoms with Gasteiger partial charge in [0.1, 0.15) is 12.4 Å². The summed E-state index contributed by atoms with van der Waals surface area (Å²) in [5.41, 5.74) is 2.84. The number of ether oxygens (including phenoxy) is 2. The first-order valence-corrected chi connectivity index (χ1v) is 8.53. The van der Waals surface area contributed by atoms with Crippen LogP contribution in [0.1, 0.15) is 44.7 Å². The molecule has 0 bridgehead atoms. The van der Waals surface area contributed by atoms with Crippen molar-refractivity contribution in [2.24, 2.45) is 0 Å². The van der Waals surface area contributed by atoms with Crippen LogP contribution in [0.5, 0.6) is 5.75 Å². The van der Waals surface area contributed by atoms with Crippen LogP contribution in [0, 0.1) is 0 Å². The molecule has 0 aromatic heterocycles. The SMILES string of the molecule is CCC(C)(CC)c1ccc(OCCOCc2ccccc2)cc1. The van der Waals surface area contributed by atoms with Crippen LogP contribution in [0.25, 0.3) is 0 Å². The van der Waals surface area contributed by atoms with Crippen LogP contribution in [0.2, 0.25) is 0 Å². The van der Waals surface area contributed by atoms with E-state index in [-0.39, 0.29) is 5.41 Å². The maximum Gasteiger partial charge on any atom is 0.119 e. The molecule has 2 heteroatoms. The molecule has 0 atom stereocenters. The molecule has 2 aromatic carbocycles. The van der Waals surface area contributed by atoms with Gasteiger partial charge in [-0.2, -0.15) is 0 Å². The average Bonchev–Trinajstić information content (AvgIpc) is 2.62. The molecule has 124 valence electrons. The maximum absolute atomic E-state index is 5.75. The molecular weight excluding hydrogens is 284 g/mol. The number of benzene rings is 2. The van der Waals surface area contributed by atoms with Crippen LogP contribution >= 0.6 is 0 Å². The average molecular weight is 312 g/mol. The van der Waals surface area contributed by atoms with Crippen molar-refractivity contribution in [3.05, 3.63) is 65.7 Å². The summed E-state index contributed by atoms with van der Waals surface area (Å²) in [7, 11) is 0. The van der Waals surface area contributed by atoms with Gasteiger partial charge in [0.25, 0.3) is 0 Å². The molecular formula is C21H28O2. The Morgan fingerprint density at radius 2 is 1.48 bits per heavy atom. The van der Waals surface area contributed by atoms with E-state index < -0.39 is 0 Å². The molecule has 0 fully saturated rings. The zero-order valence-corrected chi connectivity index (χ0v) is 14.5. The predicted octanol–water partition coefficient (Wildman–Crippen LogP) is 5.36. The maximum atomic E-state index is 5.75. The standard InChI is InChI=1S/C21H28O2/c1-4-21(3,5-2)19-11-13-20(14-12-19)23-16-15-22-17-18-9-7-6-8-10-18/h6-14H,4-5,15-17H2,1-3H3. The Hall–Kier alpha value is -1.80. The van der Waals surface area contributed by atoms with Crippen molar-refractivity contribution in [1.29, 1.82) is 0 Å². The summed E-state index contributed by atoms with van der Waals surface area (Å²) in [6.45, 7) is 8.62. The molecule has 0 aliphatic heterocycles. The van der Waals surface area contributed by atoms with Crippen LogP contribution in [-0.2, 0) is 16.8 Å². The van der Waals surface area contributed by atoms with Crippen LogP contribution in [-0.4, -0.2) is 13.2 Å². The molecule has 2 aromatic rings. The molecule has 0 heterocycles. The lowest BCUT2D eigenvalue weighted by Crippen LogP contribution is -2.19. The fraction of sp³-hybridized carbons (Fsp3) is 0.429. The molecule has 0 aliphatic rings. The van der Waals surface area contributed by atoms with Gasteiger partial charge in [0.2, 0.25) is 0 Å². The highest BCUT2D eigenvalue weighted by molar-refractivity contribution is 5.31. The highest BCUT2D eigenvalue weighted by Gasteiger charge is 2.21. The van der Waals surface area contributed by atoms with Crippen LogP contribution in [0.4, 0.5) is 0 Å². The summed E-state index contributed by atoms with van der Waals surface area (Å²) < 4.78 is 11.4. The summed E-state index contributed by atoms with van der Waals surface area (Å²) in [6.07, 6.45) is 2.30. The zero-order chi connectivity index (χ0) is 16.5. The van der Waals surface area contributed by atoms with Crippen LogP contribution < -0.4 is 4.74 Å². The predicted molar refractivity (Wildman–Crippen MR) is 96.0 cm³/mol. The highest BCUT2D eigenvalue weighted by Crippen LogP contribution is 2.31. The van der Waals surface area contributed by atoms with Crippen molar-refractivity contribution in [1.82, 2.24) is 0 Å². The van der Waals surface area contributed by atoms with Gasteiger partial charge in [0.15, 0.2) is 0 Å². The van der Waals surface area contributed by atoms with Crippen molar-refractivity contribution in [3.8, 4) is 5.75 Å². The molecule has 0 saturated heterocycles. The second-order valence-corrected chi connectivity index (χ2v) is 6.18. The second kappa shape index (κ2) is 8.73. The minimum absolute atomic E-state index is 0.261. The molecule has 0 N–H and O–H groups in total. The van der Waals surface area contributed by atoms with Gasteiger partial charge in [0.05, 0.1) is 13.2 Å². The normalized spacial score (nSPS) is 11.4. The molecule has 2 rings (SSSR count). The van der Waals surface area contributed by atoms with Crippen molar-refractivity contribution in [2.75, 3.05) is 13.2 Å². The van der Waals surface area contributed by atoms with Gasteiger partial charge >= 0.3 is 0 Å². The summed E-state index contributed by atoms with van der Waals surface area (Å²) in [4.78, 5) is 0. The number of rotatable bonds is 9. The Kier molecular flexibility index (Phi) is 6.66. The van der Waals surface area contributed by atoms with Crippen molar-refractivity contribution >= 4 is 0 Å². The van der Waals surface area contributed by atoms with E-state index >= 15 is 0 Å². The zero-order valence-electron chi connectivity index (χ0n) is 14.5. The largest absolute Gasteiger partial charge is 0.491 e. The quantitative estimate of drug-likeness (QED) is 0.580. The summed E-state index contributed by atoms with van der Waals surface area (Å²) in [5.74, 6) is 0.909. The lowest BCUT2D eigenvalue weighted by atomic mass is 9.78. The van der Waals surface area contributed by atoms with Gasteiger partial charge in [-0.05, 0) is 41.5 Å². The third-order valence-electron chi connectivity index (χ3n) is 4.72. The van der Waals surface area contributed by atoms with Gasteiger partial charge in [-0.3, -0.25) is 0 Å². The third-order valence-corrected chi connectivity index (χ3v) is 4.72. The molecule has 23 heavy (non-hydrogen) atoms. The van der Waals surface area contributed by atoms with Gasteiger partial charge < -0.3 is 9.47 Å². The number of hydrogen-bond acceptors (Lipinski definition) is 2. The Morgan fingerprint density at radius 3 is 2.09 bits per heavy atom. The fourth-order valence-corrected chi connectivity index (χ4v) is 2.59. The van der Waals surface area contributed by atoms with Crippen molar-refractivity contribution < 1.29 is 9.47 Å². The molecule has 0 saturated carbocycles. The van der Waals surface area contributed by atoms with Crippen molar-refractivity contribution in [2.45, 2.75) is 45.6 Å². The molecule has 0 amide bonds.